The van der Waals surface area contributed by atoms with Gasteiger partial charge in [0.25, 0.3) is 5.91 Å². The van der Waals surface area contributed by atoms with Crippen LogP contribution in [0.5, 0.6) is 0 Å². The number of nitrogens with zero attached hydrogens (tertiary/aromatic N) is 2. The van der Waals surface area contributed by atoms with Crippen molar-refractivity contribution in [3.8, 4) is 11.5 Å². The Morgan fingerprint density at radius 2 is 2.00 bits per heavy atom. The summed E-state index contributed by atoms with van der Waals surface area (Å²) in [4.78, 5) is 27.7. The number of aromatic nitrogens is 2. The molecular weight excluding hydrogens is 325 g/mol. The summed E-state index contributed by atoms with van der Waals surface area (Å²) in [5, 5.41) is 2.77. The van der Waals surface area contributed by atoms with Crippen molar-refractivity contribution in [2.24, 2.45) is 7.05 Å². The van der Waals surface area contributed by atoms with Crippen molar-refractivity contribution in [2.45, 2.75) is 6.42 Å². The van der Waals surface area contributed by atoms with E-state index in [4.69, 9.17) is 4.42 Å². The molecule has 1 N–H and O–H groups in total. The smallest absolute Gasteiger partial charge is 0.252 e. The van der Waals surface area contributed by atoms with E-state index in [0.717, 1.165) is 0 Å². The van der Waals surface area contributed by atoms with Gasteiger partial charge in [-0.1, -0.05) is 0 Å². The quantitative estimate of drug-likeness (QED) is 0.771. The van der Waals surface area contributed by atoms with Crippen LogP contribution in [0.2, 0.25) is 0 Å². The van der Waals surface area contributed by atoms with Crippen molar-refractivity contribution in [2.75, 3.05) is 6.54 Å². The average molecular weight is 341 g/mol. The monoisotopic (exact) mass is 341 g/mol. The van der Waals surface area contributed by atoms with Crippen LogP contribution in [0.1, 0.15) is 16.1 Å². The van der Waals surface area contributed by atoms with E-state index in [0.29, 0.717) is 35.7 Å². The van der Waals surface area contributed by atoms with Crippen LogP contribution in [0.3, 0.4) is 0 Å². The number of aryl methyl sites for hydroxylation is 1. The van der Waals surface area contributed by atoms with Crippen molar-refractivity contribution in [1.82, 2.24) is 14.9 Å². The molecule has 25 heavy (non-hydrogen) atoms. The number of carbonyl (C=O) groups is 1. The molecule has 0 bridgehead atoms. The van der Waals surface area contributed by atoms with Crippen LogP contribution in [0.15, 0.2) is 58.1 Å². The Bertz CT molecular complexity index is 945. The Labute approximate surface area is 142 Å². The van der Waals surface area contributed by atoms with Crippen LogP contribution in [0.25, 0.3) is 11.5 Å². The van der Waals surface area contributed by atoms with Crippen LogP contribution in [-0.2, 0) is 13.5 Å². The van der Waals surface area contributed by atoms with E-state index in [2.05, 4.69) is 10.3 Å². The zero-order valence-electron chi connectivity index (χ0n) is 13.5. The molecule has 1 amide bonds. The Morgan fingerprint density at radius 3 is 2.72 bits per heavy atom. The fraction of sp³-hybridized carbons (Fsp3) is 0.167. The molecule has 0 aliphatic heterocycles. The molecule has 0 radical (unpaired) electrons. The van der Waals surface area contributed by atoms with Crippen LogP contribution in [0, 0.1) is 5.82 Å². The van der Waals surface area contributed by atoms with Crippen molar-refractivity contribution >= 4 is 5.91 Å². The van der Waals surface area contributed by atoms with Gasteiger partial charge in [0.05, 0.1) is 11.3 Å². The normalized spacial score (nSPS) is 10.6. The first-order valence-electron chi connectivity index (χ1n) is 7.68. The van der Waals surface area contributed by atoms with E-state index >= 15 is 0 Å². The number of nitrogens with one attached hydrogen (secondary N) is 1. The summed E-state index contributed by atoms with van der Waals surface area (Å²) >= 11 is 0. The van der Waals surface area contributed by atoms with Gasteiger partial charge in [-0.15, -0.1) is 0 Å². The van der Waals surface area contributed by atoms with Gasteiger partial charge in [-0.05, 0) is 30.3 Å². The lowest BCUT2D eigenvalue weighted by atomic mass is 10.2. The van der Waals surface area contributed by atoms with Crippen molar-refractivity contribution in [1.29, 1.82) is 0 Å². The fourth-order valence-corrected chi connectivity index (χ4v) is 2.28. The third kappa shape index (κ3) is 4.00. The highest BCUT2D eigenvalue weighted by Gasteiger charge is 2.09. The number of oxazole rings is 1. The van der Waals surface area contributed by atoms with Gasteiger partial charge in [0.1, 0.15) is 12.1 Å². The molecule has 0 aliphatic rings. The minimum Gasteiger partial charge on any atom is -0.444 e. The molecule has 7 heteroatoms. The molecule has 0 aliphatic carbocycles. The second kappa shape index (κ2) is 7.12. The number of carbonyl (C=O) groups excluding carboxylic acids is 1. The summed E-state index contributed by atoms with van der Waals surface area (Å²) in [7, 11) is 1.59. The molecule has 2 aromatic heterocycles. The molecular formula is C18H16FN3O3. The molecule has 3 aromatic rings. The summed E-state index contributed by atoms with van der Waals surface area (Å²) in [6.07, 6.45) is 3.49. The topological polar surface area (TPSA) is 77.1 Å². The van der Waals surface area contributed by atoms with E-state index in [9.17, 15) is 14.0 Å². The van der Waals surface area contributed by atoms with Gasteiger partial charge in [0.15, 0.2) is 0 Å². The molecule has 0 atom stereocenters. The predicted octanol–water partition coefficient (Wildman–Crippen LogP) is 2.15. The number of pyridine rings is 1. The molecule has 0 spiro atoms. The number of rotatable bonds is 5. The largest absolute Gasteiger partial charge is 0.444 e. The van der Waals surface area contributed by atoms with Gasteiger partial charge in [0, 0.05) is 37.8 Å². The van der Waals surface area contributed by atoms with E-state index in [-0.39, 0.29) is 17.3 Å². The summed E-state index contributed by atoms with van der Waals surface area (Å²) in [6.45, 7) is 0.372. The van der Waals surface area contributed by atoms with Gasteiger partial charge < -0.3 is 14.3 Å². The highest BCUT2D eigenvalue weighted by molar-refractivity contribution is 5.93. The standard InChI is InChI=1S/C18H16FN3O3/c1-22-10-13(4-7-16(22)23)17(24)20-9-8-15-11-25-18(21-15)12-2-5-14(19)6-3-12/h2-7,10-11H,8-9H2,1H3,(H,20,24). The zero-order valence-corrected chi connectivity index (χ0v) is 13.5. The summed E-state index contributed by atoms with van der Waals surface area (Å²) in [5.41, 5.74) is 1.60. The van der Waals surface area contributed by atoms with E-state index in [1.54, 1.807) is 19.2 Å². The number of hydrogen-bond acceptors (Lipinski definition) is 4. The van der Waals surface area contributed by atoms with Gasteiger partial charge in [-0.2, -0.15) is 0 Å². The lowest BCUT2D eigenvalue weighted by Gasteiger charge is -2.05. The molecule has 0 fully saturated rings. The maximum Gasteiger partial charge on any atom is 0.252 e. The Morgan fingerprint density at radius 1 is 1.24 bits per heavy atom. The highest BCUT2D eigenvalue weighted by Crippen LogP contribution is 2.18. The second-order valence-corrected chi connectivity index (χ2v) is 5.52. The maximum atomic E-state index is 12.9. The number of halogens is 1. The maximum absolute atomic E-state index is 12.9. The van der Waals surface area contributed by atoms with Crippen LogP contribution >= 0.6 is 0 Å². The Kier molecular flexibility index (Phi) is 4.74. The third-order valence-electron chi connectivity index (χ3n) is 3.66. The van der Waals surface area contributed by atoms with Crippen LogP contribution < -0.4 is 10.9 Å². The highest BCUT2D eigenvalue weighted by atomic mass is 19.1. The lowest BCUT2D eigenvalue weighted by molar-refractivity contribution is 0.0953. The molecule has 3 rings (SSSR count). The minimum absolute atomic E-state index is 0.174. The fourth-order valence-electron chi connectivity index (χ4n) is 2.28. The Balaban J connectivity index is 1.57. The summed E-state index contributed by atoms with van der Waals surface area (Å²) in [5.74, 6) is -0.186. The van der Waals surface area contributed by atoms with Crippen molar-refractivity contribution in [3.05, 3.63) is 76.3 Å². The first kappa shape index (κ1) is 16.6. The van der Waals surface area contributed by atoms with Crippen molar-refractivity contribution < 1.29 is 13.6 Å². The number of hydrogen-bond donors (Lipinski definition) is 1. The first-order chi connectivity index (χ1) is 12.0. The predicted molar refractivity (Wildman–Crippen MR) is 89.6 cm³/mol. The summed E-state index contributed by atoms with van der Waals surface area (Å²) < 4.78 is 19.7. The Hall–Kier alpha value is -3.22. The molecule has 2 heterocycles. The lowest BCUT2D eigenvalue weighted by Crippen LogP contribution is -2.27. The number of benzene rings is 1. The van der Waals surface area contributed by atoms with Gasteiger partial charge in [0.2, 0.25) is 11.4 Å². The molecule has 128 valence electrons. The molecule has 6 nitrogen and oxygen atoms in total. The van der Waals surface area contributed by atoms with Gasteiger partial charge in [-0.3, -0.25) is 9.59 Å². The molecule has 0 saturated carbocycles. The summed E-state index contributed by atoms with van der Waals surface area (Å²) in [6, 6.07) is 8.69. The van der Waals surface area contributed by atoms with Gasteiger partial charge >= 0.3 is 0 Å². The molecule has 0 saturated heterocycles. The number of amides is 1. The minimum atomic E-state index is -0.323. The van der Waals surface area contributed by atoms with Crippen LogP contribution in [-0.4, -0.2) is 22.0 Å². The van der Waals surface area contributed by atoms with Gasteiger partial charge in [-0.25, -0.2) is 9.37 Å². The van der Waals surface area contributed by atoms with E-state index < -0.39 is 0 Å². The average Bonchev–Trinajstić information content (AvgIpc) is 3.06. The van der Waals surface area contributed by atoms with Crippen molar-refractivity contribution in [3.63, 3.8) is 0 Å². The van der Waals surface area contributed by atoms with E-state index in [1.165, 1.54) is 41.3 Å². The molecule has 0 unspecified atom stereocenters. The SMILES string of the molecule is Cn1cc(C(=O)NCCc2coc(-c3ccc(F)cc3)n2)ccc1=O. The molecule has 1 aromatic carbocycles. The second-order valence-electron chi connectivity index (χ2n) is 5.52. The van der Waals surface area contributed by atoms with E-state index in [1.807, 2.05) is 0 Å². The first-order valence-corrected chi connectivity index (χ1v) is 7.68. The third-order valence-corrected chi connectivity index (χ3v) is 3.66. The van der Waals surface area contributed by atoms with Crippen LogP contribution in [0.4, 0.5) is 4.39 Å². The zero-order chi connectivity index (χ0) is 17.8.